The molecule has 1 unspecified atom stereocenters. The number of aryl methyl sites for hydroxylation is 2. The molecule has 1 amide bonds. The number of ether oxygens (including phenoxy) is 2. The quantitative estimate of drug-likeness (QED) is 0.0791. The standard InChI is InChI=1S/C33H28N2O7S/c1-4-17-41-32(40)30-20(3)34-33(43-30)35-27(21-9-13-24(36)14-10-21)26(29(38)31(35)39)28(37)22-11-15-25(16-12-22)42-18-23-8-6-5-7-19(23)2/h4-16,27,36-37H,1,17-18H2,2-3H3. The number of benzene rings is 3. The van der Waals surface area contributed by atoms with Gasteiger partial charge in [0, 0.05) is 5.56 Å². The number of aliphatic hydroxyl groups excluding tert-OH is 1. The van der Waals surface area contributed by atoms with Crippen LogP contribution in [0, 0.1) is 13.8 Å². The number of esters is 1. The van der Waals surface area contributed by atoms with Crippen LogP contribution in [-0.4, -0.2) is 39.5 Å². The summed E-state index contributed by atoms with van der Waals surface area (Å²) < 4.78 is 11.0. The average Bonchev–Trinajstić information content (AvgIpc) is 3.52. The van der Waals surface area contributed by atoms with E-state index in [-0.39, 0.29) is 33.7 Å². The Bertz CT molecular complexity index is 1740. The van der Waals surface area contributed by atoms with E-state index < -0.39 is 23.7 Å². The van der Waals surface area contributed by atoms with E-state index in [1.165, 1.54) is 18.2 Å². The molecule has 5 rings (SSSR count). The van der Waals surface area contributed by atoms with Crippen LogP contribution in [-0.2, 0) is 20.9 Å². The molecular formula is C33H28N2O7S. The normalized spacial score (nSPS) is 15.9. The van der Waals surface area contributed by atoms with Crippen LogP contribution >= 0.6 is 11.3 Å². The summed E-state index contributed by atoms with van der Waals surface area (Å²) in [5, 5.41) is 21.4. The van der Waals surface area contributed by atoms with Gasteiger partial charge in [0.15, 0.2) is 5.13 Å². The third kappa shape index (κ3) is 5.91. The predicted molar refractivity (Wildman–Crippen MR) is 162 cm³/mol. The molecular weight excluding hydrogens is 568 g/mol. The molecule has 2 heterocycles. The summed E-state index contributed by atoms with van der Waals surface area (Å²) in [4.78, 5) is 45.2. The van der Waals surface area contributed by atoms with E-state index in [4.69, 9.17) is 9.47 Å². The smallest absolute Gasteiger partial charge is 0.350 e. The second-order valence-electron chi connectivity index (χ2n) is 9.80. The monoisotopic (exact) mass is 596 g/mol. The van der Waals surface area contributed by atoms with Gasteiger partial charge >= 0.3 is 11.9 Å². The minimum atomic E-state index is -1.08. The predicted octanol–water partition coefficient (Wildman–Crippen LogP) is 6.01. The fraction of sp³-hybridized carbons (Fsp3) is 0.152. The third-order valence-electron chi connectivity index (χ3n) is 6.95. The zero-order chi connectivity index (χ0) is 30.7. The summed E-state index contributed by atoms with van der Waals surface area (Å²) in [5.41, 5.74) is 3.05. The Morgan fingerprint density at radius 3 is 2.42 bits per heavy atom. The van der Waals surface area contributed by atoms with Crippen LogP contribution in [0.25, 0.3) is 5.76 Å². The summed E-state index contributed by atoms with van der Waals surface area (Å²) in [6, 6.07) is 19.3. The highest BCUT2D eigenvalue weighted by Gasteiger charge is 2.48. The number of ketones is 1. The fourth-order valence-electron chi connectivity index (χ4n) is 4.67. The summed E-state index contributed by atoms with van der Waals surface area (Å²) in [6.07, 6.45) is 1.43. The number of thiazole rings is 1. The van der Waals surface area contributed by atoms with Gasteiger partial charge in [0.2, 0.25) is 0 Å². The molecule has 218 valence electrons. The van der Waals surface area contributed by atoms with E-state index in [1.54, 1.807) is 43.3 Å². The maximum atomic E-state index is 13.5. The molecule has 1 aliphatic rings. The number of carbonyl (C=O) groups excluding carboxylic acids is 3. The van der Waals surface area contributed by atoms with Crippen LogP contribution in [0.5, 0.6) is 11.5 Å². The van der Waals surface area contributed by atoms with Crippen molar-refractivity contribution in [1.82, 2.24) is 4.98 Å². The fourth-order valence-corrected chi connectivity index (χ4v) is 5.66. The summed E-state index contributed by atoms with van der Waals surface area (Å²) >= 11 is 0.902. The first-order chi connectivity index (χ1) is 20.7. The number of aromatic nitrogens is 1. The number of Topliss-reactive ketones (excluding diaryl/α,β-unsaturated/α-hetero) is 1. The molecule has 0 radical (unpaired) electrons. The number of hydrogen-bond donors (Lipinski definition) is 2. The molecule has 1 aromatic heterocycles. The second kappa shape index (κ2) is 12.3. The molecule has 4 aromatic rings. The maximum Gasteiger partial charge on any atom is 0.350 e. The molecule has 3 aromatic carbocycles. The Morgan fingerprint density at radius 1 is 1.05 bits per heavy atom. The zero-order valence-electron chi connectivity index (χ0n) is 23.4. The van der Waals surface area contributed by atoms with Crippen molar-refractivity contribution in [2.75, 3.05) is 11.5 Å². The van der Waals surface area contributed by atoms with Crippen molar-refractivity contribution in [3.8, 4) is 11.5 Å². The first kappa shape index (κ1) is 29.3. The van der Waals surface area contributed by atoms with E-state index >= 15 is 0 Å². The van der Waals surface area contributed by atoms with Crippen molar-refractivity contribution in [1.29, 1.82) is 0 Å². The lowest BCUT2D eigenvalue weighted by Crippen LogP contribution is -2.29. The largest absolute Gasteiger partial charge is 0.508 e. The number of phenols is 1. The summed E-state index contributed by atoms with van der Waals surface area (Å²) in [7, 11) is 0. The van der Waals surface area contributed by atoms with Crippen molar-refractivity contribution in [2.24, 2.45) is 0 Å². The second-order valence-corrected chi connectivity index (χ2v) is 10.8. The van der Waals surface area contributed by atoms with Crippen molar-refractivity contribution < 1.29 is 34.1 Å². The molecule has 10 heteroatoms. The van der Waals surface area contributed by atoms with Gasteiger partial charge in [-0.25, -0.2) is 9.78 Å². The minimum absolute atomic E-state index is 0.000739. The summed E-state index contributed by atoms with van der Waals surface area (Å²) in [6.45, 7) is 7.49. The Kier molecular flexibility index (Phi) is 8.40. The zero-order valence-corrected chi connectivity index (χ0v) is 24.3. The van der Waals surface area contributed by atoms with Gasteiger partial charge in [-0.15, -0.1) is 0 Å². The van der Waals surface area contributed by atoms with Gasteiger partial charge in [-0.05, 0) is 66.9 Å². The minimum Gasteiger partial charge on any atom is -0.508 e. The molecule has 0 spiro atoms. The van der Waals surface area contributed by atoms with Gasteiger partial charge in [-0.1, -0.05) is 60.4 Å². The summed E-state index contributed by atoms with van der Waals surface area (Å²) in [5.74, 6) is -2.31. The number of nitrogens with zero attached hydrogens (tertiary/aromatic N) is 2. The van der Waals surface area contributed by atoms with Crippen molar-refractivity contribution in [2.45, 2.75) is 26.5 Å². The van der Waals surface area contributed by atoms with Crippen LogP contribution in [0.3, 0.4) is 0 Å². The topological polar surface area (TPSA) is 126 Å². The van der Waals surface area contributed by atoms with Crippen molar-refractivity contribution in [3.63, 3.8) is 0 Å². The highest BCUT2D eigenvalue weighted by atomic mass is 32.1. The first-order valence-corrected chi connectivity index (χ1v) is 14.1. The van der Waals surface area contributed by atoms with E-state index in [0.717, 1.165) is 27.4 Å². The van der Waals surface area contributed by atoms with Gasteiger partial charge in [0.25, 0.3) is 5.78 Å². The Labute approximate surface area is 252 Å². The first-order valence-electron chi connectivity index (χ1n) is 13.3. The lowest BCUT2D eigenvalue weighted by molar-refractivity contribution is -0.132. The highest BCUT2D eigenvalue weighted by Crippen LogP contribution is 2.44. The third-order valence-corrected chi connectivity index (χ3v) is 8.08. The van der Waals surface area contributed by atoms with Gasteiger partial charge in [0.1, 0.15) is 35.3 Å². The van der Waals surface area contributed by atoms with E-state index in [0.29, 0.717) is 29.2 Å². The number of aromatic hydroxyl groups is 1. The molecule has 1 fully saturated rings. The van der Waals surface area contributed by atoms with E-state index in [2.05, 4.69) is 11.6 Å². The Hall–Kier alpha value is -5.22. The number of carbonyl (C=O) groups is 3. The molecule has 1 atom stereocenters. The molecule has 1 saturated heterocycles. The maximum absolute atomic E-state index is 13.5. The van der Waals surface area contributed by atoms with Crippen LogP contribution < -0.4 is 9.64 Å². The Morgan fingerprint density at radius 2 is 1.74 bits per heavy atom. The lowest BCUT2D eigenvalue weighted by Gasteiger charge is -2.23. The molecule has 2 N–H and O–H groups in total. The van der Waals surface area contributed by atoms with Gasteiger partial charge in [-0.2, -0.15) is 0 Å². The number of aliphatic hydroxyl groups is 1. The van der Waals surface area contributed by atoms with Crippen LogP contribution in [0.4, 0.5) is 5.13 Å². The average molecular weight is 597 g/mol. The number of anilines is 1. The van der Waals surface area contributed by atoms with Gasteiger partial charge in [-0.3, -0.25) is 14.5 Å². The number of amides is 1. The number of rotatable bonds is 9. The van der Waals surface area contributed by atoms with Crippen molar-refractivity contribution >= 4 is 39.9 Å². The number of phenolic OH excluding ortho intramolecular Hbond substituents is 1. The molecule has 1 aliphatic heterocycles. The van der Waals surface area contributed by atoms with Gasteiger partial charge in [0.05, 0.1) is 17.3 Å². The molecule has 9 nitrogen and oxygen atoms in total. The lowest BCUT2D eigenvalue weighted by atomic mass is 9.95. The SMILES string of the molecule is C=CCOC(=O)c1sc(N2C(=O)C(=O)C(=C(O)c3ccc(OCc4ccccc4C)cc3)C2c2ccc(O)cc2)nc1C. The number of hydrogen-bond acceptors (Lipinski definition) is 9. The van der Waals surface area contributed by atoms with Crippen LogP contribution in [0.15, 0.2) is 91.0 Å². The molecule has 0 aliphatic carbocycles. The highest BCUT2D eigenvalue weighted by molar-refractivity contribution is 7.17. The molecule has 43 heavy (non-hydrogen) atoms. The van der Waals surface area contributed by atoms with E-state index in [1.807, 2.05) is 31.2 Å². The van der Waals surface area contributed by atoms with Crippen LogP contribution in [0.1, 0.15) is 43.7 Å². The van der Waals surface area contributed by atoms with Gasteiger partial charge < -0.3 is 19.7 Å². The van der Waals surface area contributed by atoms with Crippen molar-refractivity contribution in [3.05, 3.63) is 124 Å². The van der Waals surface area contributed by atoms with Crippen LogP contribution in [0.2, 0.25) is 0 Å². The molecule has 0 saturated carbocycles. The molecule has 0 bridgehead atoms. The van der Waals surface area contributed by atoms with E-state index in [9.17, 15) is 24.6 Å². The Balaban J connectivity index is 1.52.